The van der Waals surface area contributed by atoms with E-state index in [0.717, 1.165) is 12.1 Å². The molecule has 1 nitrogen and oxygen atoms in total. The Balaban J connectivity index is 1.36. The van der Waals surface area contributed by atoms with Crippen molar-refractivity contribution in [2.24, 2.45) is 5.92 Å². The first-order valence-electron chi connectivity index (χ1n) is 16.0. The van der Waals surface area contributed by atoms with Crippen LogP contribution in [0.2, 0.25) is 0 Å². The highest BCUT2D eigenvalue weighted by Crippen LogP contribution is 2.49. The molecule has 0 saturated heterocycles. The third-order valence-electron chi connectivity index (χ3n) is 9.35. The summed E-state index contributed by atoms with van der Waals surface area (Å²) in [5.41, 5.74) is 9.87. The van der Waals surface area contributed by atoms with E-state index in [1.54, 1.807) is 0 Å². The van der Waals surface area contributed by atoms with Crippen LogP contribution in [0.4, 0.5) is 17.1 Å². The molecule has 218 valence electrons. The van der Waals surface area contributed by atoms with Gasteiger partial charge in [-0.05, 0) is 75.9 Å². The van der Waals surface area contributed by atoms with Gasteiger partial charge in [0, 0.05) is 37.3 Å². The number of thiophene rings is 1. The van der Waals surface area contributed by atoms with Crippen molar-refractivity contribution in [3.63, 3.8) is 0 Å². The Bertz CT molecular complexity index is 2400. The maximum Gasteiger partial charge on any atom is 0.0555 e. The maximum absolute atomic E-state index is 2.51. The van der Waals surface area contributed by atoms with E-state index in [1.165, 1.54) is 70.2 Å². The van der Waals surface area contributed by atoms with Gasteiger partial charge in [0.05, 0.1) is 11.4 Å². The van der Waals surface area contributed by atoms with Gasteiger partial charge in [0.15, 0.2) is 0 Å². The van der Waals surface area contributed by atoms with E-state index >= 15 is 0 Å². The zero-order chi connectivity index (χ0) is 30.5. The molecule has 0 saturated carbocycles. The van der Waals surface area contributed by atoms with Gasteiger partial charge in [0.25, 0.3) is 0 Å². The molecule has 7 aromatic rings. The van der Waals surface area contributed by atoms with E-state index < -0.39 is 0 Å². The summed E-state index contributed by atoms with van der Waals surface area (Å²) in [6.45, 7) is 0. The number of rotatable bonds is 5. The van der Waals surface area contributed by atoms with Gasteiger partial charge in [0.1, 0.15) is 0 Å². The molecule has 1 heterocycles. The second-order valence-electron chi connectivity index (χ2n) is 12.1. The summed E-state index contributed by atoms with van der Waals surface area (Å²) < 4.78 is 2.61. The topological polar surface area (TPSA) is 3.24 Å². The predicted octanol–water partition coefficient (Wildman–Crippen LogP) is 12.8. The number of nitrogens with zero attached hydrogens (tertiary/aromatic N) is 1. The van der Waals surface area contributed by atoms with Crippen LogP contribution in [-0.2, 0) is 0 Å². The van der Waals surface area contributed by atoms with Crippen molar-refractivity contribution >= 4 is 64.9 Å². The minimum absolute atomic E-state index is 0.441. The molecule has 1 unspecified atom stereocenters. The fourth-order valence-electron chi connectivity index (χ4n) is 7.19. The molecule has 46 heavy (non-hydrogen) atoms. The van der Waals surface area contributed by atoms with Crippen LogP contribution in [0.1, 0.15) is 12.0 Å². The van der Waals surface area contributed by atoms with Gasteiger partial charge in [0.2, 0.25) is 0 Å². The molecular formula is C44H31NS. The second-order valence-corrected chi connectivity index (χ2v) is 13.2. The van der Waals surface area contributed by atoms with Crippen molar-refractivity contribution in [2.45, 2.75) is 6.42 Å². The fourth-order valence-corrected chi connectivity index (χ4v) is 8.32. The van der Waals surface area contributed by atoms with Crippen molar-refractivity contribution in [1.29, 1.82) is 0 Å². The van der Waals surface area contributed by atoms with Crippen LogP contribution in [0.25, 0.3) is 47.6 Å². The lowest BCUT2D eigenvalue weighted by molar-refractivity contribution is 0.783. The molecule has 2 aliphatic carbocycles. The van der Waals surface area contributed by atoms with Gasteiger partial charge >= 0.3 is 0 Å². The Morgan fingerprint density at radius 3 is 2.33 bits per heavy atom. The maximum atomic E-state index is 2.51. The van der Waals surface area contributed by atoms with Crippen LogP contribution in [0.3, 0.4) is 0 Å². The molecule has 2 heteroatoms. The second kappa shape index (κ2) is 11.2. The summed E-state index contributed by atoms with van der Waals surface area (Å²) in [4.78, 5) is 2.51. The third kappa shape index (κ3) is 4.53. The average molecular weight is 606 g/mol. The van der Waals surface area contributed by atoms with Crippen molar-refractivity contribution in [2.75, 3.05) is 4.90 Å². The van der Waals surface area contributed by atoms with Crippen LogP contribution < -0.4 is 4.90 Å². The Morgan fingerprint density at radius 1 is 0.609 bits per heavy atom. The molecule has 2 aliphatic rings. The number of fused-ring (bicyclic) bond motifs is 5. The van der Waals surface area contributed by atoms with E-state index in [4.69, 9.17) is 0 Å². The Kier molecular flexibility index (Phi) is 6.54. The first-order chi connectivity index (χ1) is 22.8. The van der Waals surface area contributed by atoms with E-state index in [-0.39, 0.29) is 0 Å². The predicted molar refractivity (Wildman–Crippen MR) is 199 cm³/mol. The normalized spacial score (nSPS) is 15.6. The van der Waals surface area contributed by atoms with E-state index in [2.05, 4.69) is 175 Å². The van der Waals surface area contributed by atoms with E-state index in [9.17, 15) is 0 Å². The number of hydrogen-bond donors (Lipinski definition) is 0. The van der Waals surface area contributed by atoms with Crippen molar-refractivity contribution in [3.05, 3.63) is 181 Å². The highest BCUT2D eigenvalue weighted by atomic mass is 32.1. The van der Waals surface area contributed by atoms with Crippen LogP contribution in [0, 0.1) is 5.92 Å². The van der Waals surface area contributed by atoms with Crippen LogP contribution in [0.15, 0.2) is 175 Å². The number of benzene rings is 6. The molecule has 0 spiro atoms. The fraction of sp³-hybridized carbons (Fsp3) is 0.0455. The summed E-state index contributed by atoms with van der Waals surface area (Å²) in [5, 5.41) is 5.11. The van der Waals surface area contributed by atoms with Gasteiger partial charge in [-0.2, -0.15) is 0 Å². The first-order valence-corrected chi connectivity index (χ1v) is 16.8. The van der Waals surface area contributed by atoms with Gasteiger partial charge in [-0.1, -0.05) is 134 Å². The SMILES string of the molecule is C1=CC2=CC(c3c(N(c4cccc(-c5ccccc5)c4)c4cccc5sc6ccccc6c45)ccc4ccccc34)=CCC2C=C1. The molecule has 0 radical (unpaired) electrons. The van der Waals surface area contributed by atoms with E-state index in [1.807, 2.05) is 11.3 Å². The highest BCUT2D eigenvalue weighted by molar-refractivity contribution is 7.26. The first kappa shape index (κ1) is 26.9. The van der Waals surface area contributed by atoms with Gasteiger partial charge < -0.3 is 4.90 Å². The van der Waals surface area contributed by atoms with Gasteiger partial charge in [-0.15, -0.1) is 11.3 Å². The van der Waals surface area contributed by atoms with Crippen LogP contribution in [-0.4, -0.2) is 0 Å². The zero-order valence-corrected chi connectivity index (χ0v) is 26.1. The minimum atomic E-state index is 0.441. The molecule has 0 amide bonds. The molecule has 0 bridgehead atoms. The number of anilines is 3. The van der Waals surface area contributed by atoms with Crippen LogP contribution >= 0.6 is 11.3 Å². The quantitative estimate of drug-likeness (QED) is 0.189. The van der Waals surface area contributed by atoms with Crippen molar-refractivity contribution in [3.8, 4) is 11.1 Å². The monoisotopic (exact) mass is 605 g/mol. The third-order valence-corrected chi connectivity index (χ3v) is 10.5. The Hall–Kier alpha value is -5.44. The molecule has 0 N–H and O–H groups in total. The lowest BCUT2D eigenvalue weighted by atomic mass is 9.82. The molecule has 1 atom stereocenters. The molecule has 9 rings (SSSR count). The minimum Gasteiger partial charge on any atom is -0.309 e. The molecule has 6 aromatic carbocycles. The smallest absolute Gasteiger partial charge is 0.0555 e. The molecule has 0 fully saturated rings. The average Bonchev–Trinajstić information content (AvgIpc) is 3.51. The number of allylic oxidation sites excluding steroid dienone is 8. The Morgan fingerprint density at radius 2 is 1.39 bits per heavy atom. The molecule has 1 aromatic heterocycles. The van der Waals surface area contributed by atoms with Crippen molar-refractivity contribution in [1.82, 2.24) is 0 Å². The Labute approximate surface area is 273 Å². The summed E-state index contributed by atoms with van der Waals surface area (Å²) in [7, 11) is 0. The number of hydrogen-bond acceptors (Lipinski definition) is 2. The molecule has 0 aliphatic heterocycles. The highest BCUT2D eigenvalue weighted by Gasteiger charge is 2.25. The lowest BCUT2D eigenvalue weighted by Gasteiger charge is -2.31. The van der Waals surface area contributed by atoms with Gasteiger partial charge in [-0.3, -0.25) is 0 Å². The summed E-state index contributed by atoms with van der Waals surface area (Å²) in [6, 6.07) is 48.8. The summed E-state index contributed by atoms with van der Waals surface area (Å²) in [5.74, 6) is 0.441. The van der Waals surface area contributed by atoms with Crippen LogP contribution in [0.5, 0.6) is 0 Å². The molecular weight excluding hydrogens is 575 g/mol. The van der Waals surface area contributed by atoms with Gasteiger partial charge in [-0.25, -0.2) is 0 Å². The van der Waals surface area contributed by atoms with Crippen molar-refractivity contribution < 1.29 is 0 Å². The largest absolute Gasteiger partial charge is 0.309 e. The summed E-state index contributed by atoms with van der Waals surface area (Å²) >= 11 is 1.87. The summed E-state index contributed by atoms with van der Waals surface area (Å²) in [6.07, 6.45) is 14.8. The standard InChI is InChI=1S/C44H31NS/c1-2-12-30(13-3-1)34-17-10-18-36(29-34)45(39-21-11-23-42-44(39)38-20-8-9-22-41(38)46-42)40-27-26-32-15-6-7-19-37(32)43(40)35-25-24-31-14-4-5-16-33(31)28-35/h1-23,25-29,31H,24H2. The lowest BCUT2D eigenvalue weighted by Crippen LogP contribution is -2.14. The van der Waals surface area contributed by atoms with E-state index in [0.29, 0.717) is 5.92 Å². The zero-order valence-electron chi connectivity index (χ0n) is 25.3.